The molecule has 0 aromatic carbocycles. The largest absolute Gasteiger partial charge is 1.00 e. The van der Waals surface area contributed by atoms with E-state index in [1.54, 1.807) is 58.2 Å². The van der Waals surface area contributed by atoms with Crippen LogP contribution in [0.25, 0.3) is 0 Å². The molecule has 3 rings (SSSR count). The maximum Gasteiger partial charge on any atom is 0.261 e. The minimum absolute atomic E-state index is 0. The molecule has 1 fully saturated rings. The van der Waals surface area contributed by atoms with Crippen molar-refractivity contribution in [1.82, 2.24) is 5.32 Å². The second-order valence-electron chi connectivity index (χ2n) is 7.17. The van der Waals surface area contributed by atoms with Crippen LogP contribution < -0.4 is 39.3 Å². The second kappa shape index (κ2) is 12.9. The van der Waals surface area contributed by atoms with Gasteiger partial charge in [-0.3, -0.25) is 9.59 Å². The Labute approximate surface area is 188 Å². The quantitative estimate of drug-likeness (QED) is 0.192. The summed E-state index contributed by atoms with van der Waals surface area (Å²) in [6, 6.07) is 7.38. The molecule has 0 spiro atoms. The van der Waals surface area contributed by atoms with Crippen molar-refractivity contribution in [2.75, 3.05) is 0 Å². The molecule has 2 aromatic rings. The van der Waals surface area contributed by atoms with Crippen LogP contribution in [0.5, 0.6) is 0 Å². The molecule has 162 valence electrons. The zero-order valence-electron chi connectivity index (χ0n) is 16.6. The number of aromatic nitrogens is 2. The van der Waals surface area contributed by atoms with Gasteiger partial charge in [0.05, 0.1) is 11.8 Å². The van der Waals surface area contributed by atoms with Crippen LogP contribution in [0.4, 0.5) is 0 Å². The normalized spacial score (nSPS) is 13.9. The van der Waals surface area contributed by atoms with Gasteiger partial charge >= 0.3 is 0 Å². The van der Waals surface area contributed by atoms with Gasteiger partial charge in [0, 0.05) is 18.2 Å². The molecule has 30 heavy (non-hydrogen) atoms. The maximum atomic E-state index is 12.5. The SMILES string of the molecule is O=C(C[n+]1cccc(/C=N/O)c1)C[n+]1cccc(C(=O)NC2CCCCC2)c1.[Cl-].[Cl-]. The van der Waals surface area contributed by atoms with Crippen LogP contribution in [0.2, 0.25) is 0 Å². The molecule has 0 aliphatic heterocycles. The van der Waals surface area contributed by atoms with E-state index in [-0.39, 0.29) is 55.6 Å². The van der Waals surface area contributed by atoms with Gasteiger partial charge in [-0.1, -0.05) is 24.4 Å². The van der Waals surface area contributed by atoms with Gasteiger partial charge in [0.25, 0.3) is 11.7 Å². The fourth-order valence-corrected chi connectivity index (χ4v) is 3.51. The number of ketones is 1. The molecule has 1 amide bonds. The fraction of sp³-hybridized carbons (Fsp3) is 0.381. The lowest BCUT2D eigenvalue weighted by Gasteiger charge is -2.22. The summed E-state index contributed by atoms with van der Waals surface area (Å²) in [6.45, 7) is 0.370. The summed E-state index contributed by atoms with van der Waals surface area (Å²) in [5, 5.41) is 14.7. The molecule has 0 radical (unpaired) electrons. The number of rotatable bonds is 7. The summed E-state index contributed by atoms with van der Waals surface area (Å²) in [5.74, 6) is -0.0861. The highest BCUT2D eigenvalue weighted by Crippen LogP contribution is 2.17. The Morgan fingerprint density at radius 3 is 2.33 bits per heavy atom. The number of nitrogens with zero attached hydrogens (tertiary/aromatic N) is 3. The van der Waals surface area contributed by atoms with Crippen molar-refractivity contribution in [1.29, 1.82) is 0 Å². The second-order valence-corrected chi connectivity index (χ2v) is 7.17. The Morgan fingerprint density at radius 2 is 1.67 bits per heavy atom. The van der Waals surface area contributed by atoms with Crippen LogP contribution in [-0.4, -0.2) is 29.2 Å². The van der Waals surface area contributed by atoms with Crippen molar-refractivity contribution in [3.63, 3.8) is 0 Å². The third-order valence-corrected chi connectivity index (χ3v) is 4.87. The van der Waals surface area contributed by atoms with E-state index in [9.17, 15) is 9.59 Å². The van der Waals surface area contributed by atoms with Gasteiger partial charge < -0.3 is 35.3 Å². The zero-order valence-corrected chi connectivity index (χ0v) is 18.1. The number of oxime groups is 1. The smallest absolute Gasteiger partial charge is 0.261 e. The monoisotopic (exact) mass is 452 g/mol. The Kier molecular flexibility index (Phi) is 11.0. The fourth-order valence-electron chi connectivity index (χ4n) is 3.51. The molecule has 7 nitrogen and oxygen atoms in total. The summed E-state index contributed by atoms with van der Waals surface area (Å²) in [6.07, 6.45) is 14.0. The lowest BCUT2D eigenvalue weighted by atomic mass is 9.95. The van der Waals surface area contributed by atoms with E-state index in [4.69, 9.17) is 5.21 Å². The molecule has 9 heteroatoms. The highest BCUT2D eigenvalue weighted by atomic mass is 35.5. The standard InChI is InChI=1S/C21H24N4O3.2ClH/c26-20(15-24-10-4-6-17(13-24)12-22-28)16-25-11-5-7-18(14-25)21(27)23-19-8-2-1-3-9-19;;/h4-7,10-14,19H,1-3,8-9,15-16H2;2*1H/b22-12+;;. The third kappa shape index (κ3) is 7.72. The minimum Gasteiger partial charge on any atom is -1.00 e. The van der Waals surface area contributed by atoms with Crippen LogP contribution in [0.3, 0.4) is 0 Å². The Morgan fingerprint density at radius 1 is 1.03 bits per heavy atom. The molecule has 1 saturated carbocycles. The lowest BCUT2D eigenvalue weighted by molar-refractivity contribution is -0.702. The van der Waals surface area contributed by atoms with Gasteiger partial charge in [-0.05, 0) is 25.0 Å². The molecule has 2 aromatic heterocycles. The number of nitrogens with one attached hydrogen (secondary N) is 1. The van der Waals surface area contributed by atoms with E-state index in [0.29, 0.717) is 11.1 Å². The predicted octanol–water partition coefficient (Wildman–Crippen LogP) is -4.59. The van der Waals surface area contributed by atoms with Gasteiger partial charge in [0.1, 0.15) is 5.56 Å². The molecular weight excluding hydrogens is 427 g/mol. The van der Waals surface area contributed by atoms with E-state index < -0.39 is 0 Å². The number of hydrogen-bond acceptors (Lipinski definition) is 4. The number of amides is 1. The van der Waals surface area contributed by atoms with E-state index in [1.807, 2.05) is 0 Å². The van der Waals surface area contributed by atoms with Crippen LogP contribution >= 0.6 is 0 Å². The number of hydrogen-bond donors (Lipinski definition) is 2. The first kappa shape index (κ1) is 25.5. The van der Waals surface area contributed by atoms with Gasteiger partial charge in [-0.2, -0.15) is 9.13 Å². The average molecular weight is 453 g/mol. The van der Waals surface area contributed by atoms with Crippen molar-refractivity contribution in [2.24, 2.45) is 5.16 Å². The van der Waals surface area contributed by atoms with E-state index in [2.05, 4.69) is 10.5 Å². The third-order valence-electron chi connectivity index (χ3n) is 4.87. The van der Waals surface area contributed by atoms with Crippen LogP contribution in [0.1, 0.15) is 48.0 Å². The molecule has 2 heterocycles. The number of pyridine rings is 2. The van der Waals surface area contributed by atoms with Gasteiger partial charge in [0.2, 0.25) is 13.1 Å². The van der Waals surface area contributed by atoms with E-state index >= 15 is 0 Å². The van der Waals surface area contributed by atoms with Crippen LogP contribution in [0, 0.1) is 0 Å². The van der Waals surface area contributed by atoms with Crippen molar-refractivity contribution in [3.8, 4) is 0 Å². The summed E-state index contributed by atoms with van der Waals surface area (Å²) in [7, 11) is 0. The van der Waals surface area contributed by atoms with Crippen molar-refractivity contribution in [3.05, 3.63) is 60.2 Å². The lowest BCUT2D eigenvalue weighted by Crippen LogP contribution is -3.00. The summed E-state index contributed by atoms with van der Waals surface area (Å²) >= 11 is 0. The molecule has 0 unspecified atom stereocenters. The first-order valence-corrected chi connectivity index (χ1v) is 9.62. The first-order chi connectivity index (χ1) is 13.6. The topological polar surface area (TPSA) is 86.5 Å². The predicted molar refractivity (Wildman–Crippen MR) is 102 cm³/mol. The summed E-state index contributed by atoms with van der Waals surface area (Å²) in [5.41, 5.74) is 1.27. The molecule has 1 aliphatic carbocycles. The highest BCUT2D eigenvalue weighted by Gasteiger charge is 2.20. The van der Waals surface area contributed by atoms with Crippen molar-refractivity contribution < 1.29 is 48.7 Å². The minimum atomic E-state index is -0.0842. The maximum absolute atomic E-state index is 12.5. The molecular formula is C21H26Cl2N4O3. The average Bonchev–Trinajstić information content (AvgIpc) is 2.69. The zero-order chi connectivity index (χ0) is 19.8. The Hall–Kier alpha value is -2.51. The Bertz CT molecular complexity index is 871. The van der Waals surface area contributed by atoms with E-state index in [0.717, 1.165) is 25.7 Å². The Balaban J connectivity index is 0.00000225. The molecule has 1 aliphatic rings. The molecule has 0 atom stereocenters. The van der Waals surface area contributed by atoms with E-state index in [1.165, 1.54) is 12.6 Å². The number of carbonyl (C=O) groups is 2. The molecule has 2 N–H and O–H groups in total. The van der Waals surface area contributed by atoms with Crippen molar-refractivity contribution >= 4 is 17.9 Å². The van der Waals surface area contributed by atoms with Crippen LogP contribution in [0.15, 0.2) is 54.2 Å². The number of Topliss-reactive ketones (excluding diaryl/α,β-unsaturated/α-hetero) is 1. The van der Waals surface area contributed by atoms with Gasteiger partial charge in [0.15, 0.2) is 24.8 Å². The first-order valence-electron chi connectivity index (χ1n) is 9.62. The van der Waals surface area contributed by atoms with Gasteiger partial charge in [-0.25, -0.2) is 0 Å². The molecule has 0 saturated heterocycles. The van der Waals surface area contributed by atoms with Crippen LogP contribution in [-0.2, 0) is 17.9 Å². The van der Waals surface area contributed by atoms with Gasteiger partial charge in [-0.15, -0.1) is 0 Å². The molecule has 0 bridgehead atoms. The number of halogens is 2. The highest BCUT2D eigenvalue weighted by molar-refractivity contribution is 5.93. The number of carbonyl (C=O) groups excluding carboxylic acids is 2. The summed E-state index contributed by atoms with van der Waals surface area (Å²) < 4.78 is 3.47. The van der Waals surface area contributed by atoms with Crippen molar-refractivity contribution in [2.45, 2.75) is 51.2 Å². The summed E-state index contributed by atoms with van der Waals surface area (Å²) in [4.78, 5) is 24.9.